The summed E-state index contributed by atoms with van der Waals surface area (Å²) in [6.07, 6.45) is 1.83. The van der Waals surface area contributed by atoms with E-state index in [1.807, 2.05) is 17.5 Å². The van der Waals surface area contributed by atoms with Gasteiger partial charge in [-0.2, -0.15) is 0 Å². The van der Waals surface area contributed by atoms with Crippen LogP contribution in [0.15, 0.2) is 45.8 Å². The van der Waals surface area contributed by atoms with Crippen molar-refractivity contribution in [1.82, 2.24) is 14.0 Å². The lowest BCUT2D eigenvalue weighted by atomic mass is 10.3. The van der Waals surface area contributed by atoms with Crippen molar-refractivity contribution < 1.29 is 0 Å². The fourth-order valence-electron chi connectivity index (χ4n) is 2.15. The van der Waals surface area contributed by atoms with Crippen LogP contribution < -0.4 is 11.2 Å². The number of nitrogens with zero attached hydrogens (tertiary/aromatic N) is 3. The Kier molecular flexibility index (Phi) is 4.93. The molecule has 0 N–H and O–H groups in total. The van der Waals surface area contributed by atoms with Gasteiger partial charge in [-0.15, -0.1) is 17.9 Å². The summed E-state index contributed by atoms with van der Waals surface area (Å²) < 4.78 is 2.63. The molecule has 0 bridgehead atoms. The van der Waals surface area contributed by atoms with Gasteiger partial charge >= 0.3 is 5.69 Å². The maximum Gasteiger partial charge on any atom is 0.330 e. The SMILES string of the molecule is C=CCN(Cc1cccs1)Cc1cc(=O)n(C)c(=O)n1C. The molecule has 0 radical (unpaired) electrons. The zero-order valence-corrected chi connectivity index (χ0v) is 13.1. The third kappa shape index (κ3) is 3.59. The zero-order valence-electron chi connectivity index (χ0n) is 12.3. The van der Waals surface area contributed by atoms with Crippen molar-refractivity contribution in [1.29, 1.82) is 0 Å². The van der Waals surface area contributed by atoms with Gasteiger partial charge < -0.3 is 0 Å². The average molecular weight is 305 g/mol. The third-order valence-electron chi connectivity index (χ3n) is 3.36. The van der Waals surface area contributed by atoms with E-state index in [1.54, 1.807) is 18.4 Å². The first-order valence-corrected chi connectivity index (χ1v) is 7.52. The molecule has 2 heterocycles. The minimum Gasteiger partial charge on any atom is -0.299 e. The third-order valence-corrected chi connectivity index (χ3v) is 4.22. The second-order valence-electron chi connectivity index (χ2n) is 4.91. The number of hydrogen-bond acceptors (Lipinski definition) is 4. The van der Waals surface area contributed by atoms with E-state index >= 15 is 0 Å². The summed E-state index contributed by atoms with van der Waals surface area (Å²) in [5.74, 6) is 0. The summed E-state index contributed by atoms with van der Waals surface area (Å²) in [5.41, 5.74) is 0.136. The highest BCUT2D eigenvalue weighted by molar-refractivity contribution is 7.09. The van der Waals surface area contributed by atoms with Crippen molar-refractivity contribution in [2.45, 2.75) is 13.1 Å². The molecule has 5 nitrogen and oxygen atoms in total. The molecule has 112 valence electrons. The number of rotatable bonds is 6. The van der Waals surface area contributed by atoms with Gasteiger partial charge in [-0.1, -0.05) is 12.1 Å². The molecule has 0 aliphatic heterocycles. The molecule has 0 aliphatic carbocycles. The van der Waals surface area contributed by atoms with Gasteiger partial charge in [0.2, 0.25) is 0 Å². The molecule has 21 heavy (non-hydrogen) atoms. The molecular weight excluding hydrogens is 286 g/mol. The lowest BCUT2D eigenvalue weighted by molar-refractivity contribution is 0.279. The smallest absolute Gasteiger partial charge is 0.299 e. The van der Waals surface area contributed by atoms with Gasteiger partial charge in [0.25, 0.3) is 5.56 Å². The first-order chi connectivity index (χ1) is 10.0. The van der Waals surface area contributed by atoms with E-state index in [1.165, 1.54) is 22.6 Å². The monoisotopic (exact) mass is 305 g/mol. The van der Waals surface area contributed by atoms with Gasteiger partial charge in [-0.25, -0.2) is 4.79 Å². The predicted octanol–water partition coefficient (Wildman–Crippen LogP) is 1.33. The van der Waals surface area contributed by atoms with Gasteiger partial charge in [0.1, 0.15) is 0 Å². The van der Waals surface area contributed by atoms with Gasteiger partial charge in [0, 0.05) is 50.4 Å². The highest BCUT2D eigenvalue weighted by Gasteiger charge is 2.11. The molecule has 0 fully saturated rings. The van der Waals surface area contributed by atoms with E-state index in [9.17, 15) is 9.59 Å². The highest BCUT2D eigenvalue weighted by Crippen LogP contribution is 2.13. The zero-order chi connectivity index (χ0) is 15.4. The van der Waals surface area contributed by atoms with Crippen molar-refractivity contribution in [2.24, 2.45) is 14.1 Å². The summed E-state index contributed by atoms with van der Waals surface area (Å²) in [6, 6.07) is 5.61. The largest absolute Gasteiger partial charge is 0.330 e. The van der Waals surface area contributed by atoms with Crippen LogP contribution in [-0.2, 0) is 27.2 Å². The van der Waals surface area contributed by atoms with Crippen LogP contribution in [0.4, 0.5) is 0 Å². The summed E-state index contributed by atoms with van der Waals surface area (Å²) in [6.45, 7) is 5.77. The van der Waals surface area contributed by atoms with E-state index in [-0.39, 0.29) is 11.2 Å². The molecule has 6 heteroatoms. The Hall–Kier alpha value is -1.92. The molecular formula is C15H19N3O2S. The van der Waals surface area contributed by atoms with Crippen LogP contribution >= 0.6 is 11.3 Å². The second-order valence-corrected chi connectivity index (χ2v) is 5.94. The van der Waals surface area contributed by atoms with Crippen LogP contribution in [-0.4, -0.2) is 20.6 Å². The summed E-state index contributed by atoms with van der Waals surface area (Å²) in [4.78, 5) is 27.1. The highest BCUT2D eigenvalue weighted by atomic mass is 32.1. The molecule has 0 spiro atoms. The fraction of sp³-hybridized carbons (Fsp3) is 0.333. The topological polar surface area (TPSA) is 47.2 Å². The van der Waals surface area contributed by atoms with Crippen molar-refractivity contribution in [3.8, 4) is 0 Å². The lowest BCUT2D eigenvalue weighted by Gasteiger charge is -2.21. The summed E-state index contributed by atoms with van der Waals surface area (Å²) in [7, 11) is 3.18. The first-order valence-electron chi connectivity index (χ1n) is 6.64. The van der Waals surface area contributed by atoms with Crippen LogP contribution in [0.5, 0.6) is 0 Å². The Balaban J connectivity index is 2.27. The van der Waals surface area contributed by atoms with E-state index in [0.29, 0.717) is 18.8 Å². The molecule has 0 aromatic carbocycles. The fourth-order valence-corrected chi connectivity index (χ4v) is 2.90. The van der Waals surface area contributed by atoms with Crippen molar-refractivity contribution >= 4 is 11.3 Å². The Morgan fingerprint density at radius 1 is 1.29 bits per heavy atom. The van der Waals surface area contributed by atoms with Crippen LogP contribution in [0.3, 0.4) is 0 Å². The number of hydrogen-bond donors (Lipinski definition) is 0. The van der Waals surface area contributed by atoms with Gasteiger partial charge in [-0.3, -0.25) is 18.8 Å². The maximum absolute atomic E-state index is 12.0. The minimum absolute atomic E-state index is 0.275. The standard InChI is InChI=1S/C15H19N3O2S/c1-4-7-18(11-13-6-5-8-21-13)10-12-9-14(19)17(3)15(20)16(12)2/h4-6,8-9H,1,7,10-11H2,2-3H3. The molecule has 0 saturated heterocycles. The van der Waals surface area contributed by atoms with Crippen molar-refractivity contribution in [3.05, 3.63) is 67.6 Å². The quantitative estimate of drug-likeness (QED) is 0.757. The first kappa shape index (κ1) is 15.5. The van der Waals surface area contributed by atoms with E-state index < -0.39 is 0 Å². The van der Waals surface area contributed by atoms with Gasteiger partial charge in [-0.05, 0) is 11.4 Å². The molecule has 2 aromatic heterocycles. The van der Waals surface area contributed by atoms with Crippen LogP contribution in [0.1, 0.15) is 10.6 Å². The van der Waals surface area contributed by atoms with Gasteiger partial charge in [0.05, 0.1) is 0 Å². The second kappa shape index (κ2) is 6.69. The molecule has 2 rings (SSSR count). The van der Waals surface area contributed by atoms with Gasteiger partial charge in [0.15, 0.2) is 0 Å². The summed E-state index contributed by atoms with van der Waals surface area (Å²) >= 11 is 1.69. The minimum atomic E-state index is -0.299. The maximum atomic E-state index is 12.0. The number of aromatic nitrogens is 2. The normalized spacial score (nSPS) is 11.0. The molecule has 0 amide bonds. The molecule has 0 saturated carbocycles. The van der Waals surface area contributed by atoms with E-state index in [4.69, 9.17) is 0 Å². The lowest BCUT2D eigenvalue weighted by Crippen LogP contribution is -2.39. The molecule has 2 aromatic rings. The van der Waals surface area contributed by atoms with E-state index in [2.05, 4.69) is 17.5 Å². The van der Waals surface area contributed by atoms with E-state index in [0.717, 1.165) is 11.1 Å². The van der Waals surface area contributed by atoms with Crippen LogP contribution in [0.25, 0.3) is 0 Å². The Labute approximate surface area is 127 Å². The van der Waals surface area contributed by atoms with Crippen LogP contribution in [0.2, 0.25) is 0 Å². The Morgan fingerprint density at radius 3 is 2.67 bits per heavy atom. The molecule has 0 atom stereocenters. The predicted molar refractivity (Wildman–Crippen MR) is 85.6 cm³/mol. The molecule has 0 aliphatic rings. The Bertz CT molecular complexity index is 728. The van der Waals surface area contributed by atoms with Crippen molar-refractivity contribution in [3.63, 3.8) is 0 Å². The van der Waals surface area contributed by atoms with Crippen LogP contribution in [0, 0.1) is 0 Å². The molecule has 0 unspecified atom stereocenters. The summed E-state index contributed by atoms with van der Waals surface area (Å²) in [5, 5.41) is 2.04. The van der Waals surface area contributed by atoms with Crippen molar-refractivity contribution in [2.75, 3.05) is 6.54 Å². The number of thiophene rings is 1. The average Bonchev–Trinajstić information content (AvgIpc) is 2.95. The Morgan fingerprint density at radius 2 is 2.05 bits per heavy atom.